The minimum atomic E-state index is -0.989. The quantitative estimate of drug-likeness (QED) is 0.160. The first-order valence-electron chi connectivity index (χ1n) is 16.6. The Morgan fingerprint density at radius 1 is 1.04 bits per heavy atom. The van der Waals surface area contributed by atoms with Gasteiger partial charge in [-0.3, -0.25) is 9.59 Å². The van der Waals surface area contributed by atoms with Gasteiger partial charge in [0.2, 0.25) is 18.2 Å². The number of halogens is 3. The van der Waals surface area contributed by atoms with Crippen molar-refractivity contribution >= 4 is 23.2 Å². The third kappa shape index (κ3) is 6.37. The highest BCUT2D eigenvalue weighted by molar-refractivity contribution is 6.02. The van der Waals surface area contributed by atoms with Crippen molar-refractivity contribution in [1.82, 2.24) is 15.5 Å². The van der Waals surface area contributed by atoms with Crippen molar-refractivity contribution in [1.29, 1.82) is 0 Å². The fourth-order valence-electron chi connectivity index (χ4n) is 7.73. The second-order valence-corrected chi connectivity index (χ2v) is 13.2. The summed E-state index contributed by atoms with van der Waals surface area (Å²) in [4.78, 5) is 30.0. The molecule has 3 heterocycles. The number of carbonyl (C=O) groups is 2. The van der Waals surface area contributed by atoms with Crippen molar-refractivity contribution in [3.8, 4) is 5.75 Å². The lowest BCUT2D eigenvalue weighted by Gasteiger charge is -2.42. The molecule has 3 aliphatic rings. The van der Waals surface area contributed by atoms with E-state index in [0.29, 0.717) is 43.1 Å². The van der Waals surface area contributed by atoms with E-state index < -0.39 is 17.7 Å². The smallest absolute Gasteiger partial charge is 0.250 e. The summed E-state index contributed by atoms with van der Waals surface area (Å²) < 4.78 is 53.8. The van der Waals surface area contributed by atoms with Crippen LogP contribution < -0.4 is 19.9 Å². The highest BCUT2D eigenvalue weighted by Crippen LogP contribution is 2.53. The summed E-state index contributed by atoms with van der Waals surface area (Å²) in [6.45, 7) is 9.22. The second-order valence-electron chi connectivity index (χ2n) is 13.2. The van der Waals surface area contributed by atoms with Crippen LogP contribution in [-0.4, -0.2) is 47.7 Å². The van der Waals surface area contributed by atoms with Gasteiger partial charge in [-0.1, -0.05) is 25.3 Å². The van der Waals surface area contributed by atoms with E-state index in [-0.39, 0.29) is 53.8 Å². The molecule has 0 radical (unpaired) electrons. The molecule has 258 valence electrons. The number of piperidine rings is 1. The number of anilines is 2. The van der Waals surface area contributed by atoms with Gasteiger partial charge in [-0.15, -0.1) is 10.2 Å². The average Bonchev–Trinajstić information content (AvgIpc) is 3.76. The van der Waals surface area contributed by atoms with Gasteiger partial charge in [0.15, 0.2) is 11.6 Å². The molecule has 0 saturated carbocycles. The number of benzene rings is 3. The molecule has 0 bridgehead atoms. The first kappa shape index (κ1) is 33.1. The highest BCUT2D eigenvalue weighted by Gasteiger charge is 2.46. The normalized spacial score (nSPS) is 19.7. The Balaban J connectivity index is 1.06. The Labute approximate surface area is 287 Å². The molecule has 1 unspecified atom stereocenters. The zero-order valence-electron chi connectivity index (χ0n) is 27.3. The second kappa shape index (κ2) is 13.5. The SMILES string of the molecule is C=CC(=O)N1CC(C=C)Oc2cc(N3CCC4(CC3)C[C@@H](CC(=O)N[C@H](Cc3ccc(F)c(F)c3)c3nnco3)c3ccc(F)cc34)ccc21. The lowest BCUT2D eigenvalue weighted by atomic mass is 9.73. The number of ether oxygens (including phenoxy) is 1. The number of nitrogens with zero attached hydrogens (tertiary/aromatic N) is 4. The molecule has 9 nitrogen and oxygen atoms in total. The lowest BCUT2D eigenvalue weighted by molar-refractivity contribution is -0.122. The number of carbonyl (C=O) groups excluding carboxylic acids is 2. The van der Waals surface area contributed by atoms with E-state index in [0.717, 1.165) is 48.2 Å². The molecular formula is C38H36F3N5O4. The molecule has 1 aliphatic carbocycles. The number of hydrogen-bond acceptors (Lipinski definition) is 7. The van der Waals surface area contributed by atoms with E-state index in [2.05, 4.69) is 33.6 Å². The minimum Gasteiger partial charge on any atom is -0.482 e. The molecular weight excluding hydrogens is 647 g/mol. The van der Waals surface area contributed by atoms with Crippen LogP contribution in [0.15, 0.2) is 90.7 Å². The lowest BCUT2D eigenvalue weighted by Crippen LogP contribution is -2.43. The topological polar surface area (TPSA) is 101 Å². The molecule has 1 fully saturated rings. The summed E-state index contributed by atoms with van der Waals surface area (Å²) >= 11 is 0. The molecule has 7 rings (SSSR count). The first-order valence-corrected chi connectivity index (χ1v) is 16.6. The Morgan fingerprint density at radius 2 is 1.86 bits per heavy atom. The minimum absolute atomic E-state index is 0.113. The number of hydrogen-bond donors (Lipinski definition) is 1. The van der Waals surface area contributed by atoms with Crippen molar-refractivity contribution in [2.24, 2.45) is 0 Å². The summed E-state index contributed by atoms with van der Waals surface area (Å²) in [6, 6.07) is 13.4. The van der Waals surface area contributed by atoms with Gasteiger partial charge in [0.1, 0.15) is 23.7 Å². The predicted octanol–water partition coefficient (Wildman–Crippen LogP) is 6.47. The number of amides is 2. The first-order chi connectivity index (χ1) is 24.2. The molecule has 1 spiro atoms. The van der Waals surface area contributed by atoms with Crippen LogP contribution in [0.2, 0.25) is 0 Å². The van der Waals surface area contributed by atoms with E-state index in [4.69, 9.17) is 9.15 Å². The van der Waals surface area contributed by atoms with Crippen LogP contribution in [-0.2, 0) is 21.4 Å². The van der Waals surface area contributed by atoms with Crippen LogP contribution >= 0.6 is 0 Å². The summed E-state index contributed by atoms with van der Waals surface area (Å²) in [7, 11) is 0. The van der Waals surface area contributed by atoms with Crippen LogP contribution in [0, 0.1) is 17.5 Å². The molecule has 2 amide bonds. The fraction of sp³-hybridized carbons (Fsp3) is 0.316. The average molecular weight is 684 g/mol. The maximum atomic E-state index is 14.7. The summed E-state index contributed by atoms with van der Waals surface area (Å²) in [6.07, 6.45) is 6.18. The zero-order valence-corrected chi connectivity index (χ0v) is 27.3. The van der Waals surface area contributed by atoms with Gasteiger partial charge in [0.05, 0.1) is 12.2 Å². The molecule has 12 heteroatoms. The Morgan fingerprint density at radius 3 is 2.58 bits per heavy atom. The van der Waals surface area contributed by atoms with Crippen molar-refractivity contribution in [3.05, 3.63) is 126 Å². The van der Waals surface area contributed by atoms with E-state index in [1.807, 2.05) is 18.2 Å². The van der Waals surface area contributed by atoms with E-state index in [9.17, 15) is 22.8 Å². The zero-order chi connectivity index (χ0) is 35.0. The van der Waals surface area contributed by atoms with Crippen molar-refractivity contribution in [2.75, 3.05) is 29.4 Å². The van der Waals surface area contributed by atoms with Gasteiger partial charge in [0, 0.05) is 37.7 Å². The van der Waals surface area contributed by atoms with Crippen molar-refractivity contribution < 1.29 is 31.9 Å². The van der Waals surface area contributed by atoms with Gasteiger partial charge < -0.3 is 24.3 Å². The van der Waals surface area contributed by atoms with Crippen molar-refractivity contribution in [2.45, 2.75) is 55.6 Å². The molecule has 3 atom stereocenters. The van der Waals surface area contributed by atoms with E-state index in [1.165, 1.54) is 18.2 Å². The number of nitrogens with one attached hydrogen (secondary N) is 1. The molecule has 1 N–H and O–H groups in total. The summed E-state index contributed by atoms with van der Waals surface area (Å²) in [5.74, 6) is -2.18. The van der Waals surface area contributed by atoms with E-state index in [1.54, 1.807) is 23.1 Å². The molecule has 50 heavy (non-hydrogen) atoms. The highest BCUT2D eigenvalue weighted by atomic mass is 19.2. The Kier molecular flexibility index (Phi) is 8.94. The molecule has 1 aromatic heterocycles. The predicted molar refractivity (Wildman–Crippen MR) is 180 cm³/mol. The summed E-state index contributed by atoms with van der Waals surface area (Å²) in [5.41, 5.74) is 3.66. The third-order valence-corrected chi connectivity index (χ3v) is 10.2. The third-order valence-electron chi connectivity index (χ3n) is 10.2. The maximum Gasteiger partial charge on any atom is 0.250 e. The Hall–Kier alpha value is -5.39. The van der Waals surface area contributed by atoms with Crippen LogP contribution in [0.5, 0.6) is 5.75 Å². The van der Waals surface area contributed by atoms with Crippen LogP contribution in [0.1, 0.15) is 60.2 Å². The standard InChI is InChI=1S/C38H36F3N5O4/c1-3-27-21-46(36(48)4-2)33-10-7-26(19-34(33)50-27)45-13-11-38(12-14-45)20-24(28-8-6-25(39)18-29(28)38)17-35(47)43-32(37-44-42-22-49-37)16-23-5-9-30(40)31(41)15-23/h3-10,15,18-19,22,24,27,32H,1-2,11-14,16-17,20-21H2,(H,43,47)/t24-,27?,32-/m1/s1. The van der Waals surface area contributed by atoms with E-state index >= 15 is 0 Å². The van der Waals surface area contributed by atoms with Crippen LogP contribution in [0.4, 0.5) is 24.5 Å². The largest absolute Gasteiger partial charge is 0.482 e. The summed E-state index contributed by atoms with van der Waals surface area (Å²) in [5, 5.41) is 10.6. The number of fused-ring (bicyclic) bond motifs is 3. The van der Waals surface area contributed by atoms with Gasteiger partial charge in [0.25, 0.3) is 5.91 Å². The molecule has 4 aromatic rings. The fourth-order valence-corrected chi connectivity index (χ4v) is 7.73. The molecule has 2 aliphatic heterocycles. The van der Waals surface area contributed by atoms with Crippen LogP contribution in [0.25, 0.3) is 0 Å². The molecule has 1 saturated heterocycles. The monoisotopic (exact) mass is 683 g/mol. The van der Waals surface area contributed by atoms with Gasteiger partial charge >= 0.3 is 0 Å². The molecule has 3 aromatic carbocycles. The maximum absolute atomic E-state index is 14.7. The van der Waals surface area contributed by atoms with Gasteiger partial charge in [-0.05, 0) is 95.8 Å². The van der Waals surface area contributed by atoms with Gasteiger partial charge in [-0.25, -0.2) is 13.2 Å². The van der Waals surface area contributed by atoms with Crippen molar-refractivity contribution in [3.63, 3.8) is 0 Å². The van der Waals surface area contributed by atoms with Gasteiger partial charge in [-0.2, -0.15) is 0 Å². The number of aromatic nitrogens is 2. The number of rotatable bonds is 9. The van der Waals surface area contributed by atoms with Crippen LogP contribution in [0.3, 0.4) is 0 Å². The Bertz CT molecular complexity index is 1940.